The molecule has 0 aliphatic heterocycles. The van der Waals surface area contributed by atoms with Crippen molar-refractivity contribution in [1.29, 1.82) is 5.26 Å². The summed E-state index contributed by atoms with van der Waals surface area (Å²) in [5.74, 6) is 0.961. The number of methoxy groups -OCH3 is 1. The Balaban J connectivity index is 1.71. The Bertz CT molecular complexity index is 1100. The lowest BCUT2D eigenvalue weighted by Crippen LogP contribution is -2.28. The SMILES string of the molecule is COc1ccccc1C(C#N)NC(=O)CCn1c(-c2ccc(C)cc2)n[nH]c1=S. The van der Waals surface area contributed by atoms with Crippen molar-refractivity contribution in [2.75, 3.05) is 7.11 Å². The molecule has 0 aliphatic carbocycles. The van der Waals surface area contributed by atoms with Gasteiger partial charge in [-0.05, 0) is 25.2 Å². The van der Waals surface area contributed by atoms with Gasteiger partial charge in [-0.1, -0.05) is 48.0 Å². The Morgan fingerprint density at radius 2 is 2.03 bits per heavy atom. The van der Waals surface area contributed by atoms with Gasteiger partial charge in [-0.25, -0.2) is 0 Å². The van der Waals surface area contributed by atoms with E-state index in [2.05, 4.69) is 21.6 Å². The highest BCUT2D eigenvalue weighted by Crippen LogP contribution is 2.24. The minimum atomic E-state index is -0.799. The monoisotopic (exact) mass is 407 g/mol. The second-order valence-electron chi connectivity index (χ2n) is 6.49. The van der Waals surface area contributed by atoms with E-state index in [-0.39, 0.29) is 12.3 Å². The lowest BCUT2D eigenvalue weighted by molar-refractivity contribution is -0.121. The number of benzene rings is 2. The molecular weight excluding hydrogens is 386 g/mol. The van der Waals surface area contributed by atoms with Gasteiger partial charge in [0, 0.05) is 24.1 Å². The van der Waals surface area contributed by atoms with Crippen molar-refractivity contribution in [2.45, 2.75) is 25.9 Å². The van der Waals surface area contributed by atoms with Crippen LogP contribution >= 0.6 is 12.2 Å². The van der Waals surface area contributed by atoms with Crippen molar-refractivity contribution in [3.8, 4) is 23.2 Å². The van der Waals surface area contributed by atoms with Crippen LogP contribution in [0.15, 0.2) is 48.5 Å². The van der Waals surface area contributed by atoms with E-state index in [1.54, 1.807) is 22.8 Å². The predicted octanol–water partition coefficient (Wildman–Crippen LogP) is 3.70. The minimum absolute atomic E-state index is 0.153. The fraction of sp³-hybridized carbons (Fsp3) is 0.238. The summed E-state index contributed by atoms with van der Waals surface area (Å²) in [5.41, 5.74) is 2.67. The molecule has 1 amide bonds. The molecule has 0 radical (unpaired) electrons. The van der Waals surface area contributed by atoms with Gasteiger partial charge in [0.05, 0.1) is 13.2 Å². The third-order valence-electron chi connectivity index (χ3n) is 4.51. The lowest BCUT2D eigenvalue weighted by Gasteiger charge is -2.15. The quantitative estimate of drug-likeness (QED) is 0.582. The number of aromatic amines is 1. The molecule has 3 rings (SSSR count). The number of H-pyrrole nitrogens is 1. The number of nitrogens with zero attached hydrogens (tertiary/aromatic N) is 3. The molecule has 0 spiro atoms. The molecule has 1 aromatic heterocycles. The van der Waals surface area contributed by atoms with E-state index in [1.807, 2.05) is 37.3 Å². The summed E-state index contributed by atoms with van der Waals surface area (Å²) in [6, 6.07) is 16.4. The van der Waals surface area contributed by atoms with Crippen LogP contribution in [0.25, 0.3) is 11.4 Å². The number of ether oxygens (including phenoxy) is 1. The summed E-state index contributed by atoms with van der Waals surface area (Å²) in [7, 11) is 1.53. The van der Waals surface area contributed by atoms with Gasteiger partial charge in [-0.15, -0.1) is 0 Å². The van der Waals surface area contributed by atoms with Gasteiger partial charge >= 0.3 is 0 Å². The summed E-state index contributed by atoms with van der Waals surface area (Å²) < 4.78 is 7.51. The first-order valence-corrected chi connectivity index (χ1v) is 9.48. The van der Waals surface area contributed by atoms with Crippen molar-refractivity contribution >= 4 is 18.1 Å². The highest BCUT2D eigenvalue weighted by Gasteiger charge is 2.18. The molecule has 3 aromatic rings. The lowest BCUT2D eigenvalue weighted by atomic mass is 10.1. The topological polar surface area (TPSA) is 95.7 Å². The second-order valence-corrected chi connectivity index (χ2v) is 6.88. The average molecular weight is 407 g/mol. The molecule has 148 valence electrons. The van der Waals surface area contributed by atoms with E-state index in [0.717, 1.165) is 11.1 Å². The number of amides is 1. The van der Waals surface area contributed by atoms with Gasteiger partial charge in [0.15, 0.2) is 10.6 Å². The van der Waals surface area contributed by atoms with Crippen LogP contribution < -0.4 is 10.1 Å². The third kappa shape index (κ3) is 4.70. The maximum Gasteiger partial charge on any atom is 0.223 e. The molecule has 1 unspecified atom stereocenters. The van der Waals surface area contributed by atoms with Gasteiger partial charge in [0.2, 0.25) is 5.91 Å². The number of nitrogens with one attached hydrogen (secondary N) is 2. The summed E-state index contributed by atoms with van der Waals surface area (Å²) in [4.78, 5) is 12.5. The summed E-state index contributed by atoms with van der Waals surface area (Å²) in [6.45, 7) is 2.35. The fourth-order valence-electron chi connectivity index (χ4n) is 2.98. The number of carbonyl (C=O) groups is 1. The Kier molecular flexibility index (Phi) is 6.42. The van der Waals surface area contributed by atoms with Crippen LogP contribution in [0.5, 0.6) is 5.75 Å². The van der Waals surface area contributed by atoms with Gasteiger partial charge in [0.1, 0.15) is 11.8 Å². The first-order chi connectivity index (χ1) is 14.0. The van der Waals surface area contributed by atoms with Crippen molar-refractivity contribution in [1.82, 2.24) is 20.1 Å². The standard InChI is InChI=1S/C21H21N5O2S/c1-14-7-9-15(10-8-14)20-24-25-21(29)26(20)12-11-19(27)23-17(13-22)16-5-3-4-6-18(16)28-2/h3-10,17H,11-12H2,1-2H3,(H,23,27)(H,25,29). The average Bonchev–Trinajstić information content (AvgIpc) is 3.11. The molecule has 0 bridgehead atoms. The third-order valence-corrected chi connectivity index (χ3v) is 4.83. The van der Waals surface area contributed by atoms with Crippen molar-refractivity contribution in [2.24, 2.45) is 0 Å². The highest BCUT2D eigenvalue weighted by molar-refractivity contribution is 7.71. The van der Waals surface area contributed by atoms with Crippen LogP contribution in [-0.4, -0.2) is 27.8 Å². The fourth-order valence-corrected chi connectivity index (χ4v) is 3.20. The maximum absolute atomic E-state index is 12.5. The molecule has 2 N–H and O–H groups in total. The van der Waals surface area contributed by atoms with Crippen LogP contribution in [0, 0.1) is 23.0 Å². The van der Waals surface area contributed by atoms with Crippen LogP contribution in [0.2, 0.25) is 0 Å². The molecule has 0 saturated heterocycles. The van der Waals surface area contributed by atoms with E-state index in [1.165, 1.54) is 7.11 Å². The molecule has 1 atom stereocenters. The zero-order valence-electron chi connectivity index (χ0n) is 16.2. The van der Waals surface area contributed by atoms with Crippen molar-refractivity contribution < 1.29 is 9.53 Å². The molecule has 0 fully saturated rings. The number of carbonyl (C=O) groups excluding carboxylic acids is 1. The van der Waals surface area contributed by atoms with Gasteiger partial charge in [-0.2, -0.15) is 10.4 Å². The number of nitriles is 1. The second kappa shape index (κ2) is 9.17. The number of para-hydroxylation sites is 1. The molecule has 29 heavy (non-hydrogen) atoms. The number of rotatable bonds is 7. The number of aromatic nitrogens is 3. The molecule has 8 heteroatoms. The Morgan fingerprint density at radius 1 is 1.31 bits per heavy atom. The Labute approximate surface area is 174 Å². The normalized spacial score (nSPS) is 11.5. The zero-order valence-corrected chi connectivity index (χ0v) is 17.0. The van der Waals surface area contributed by atoms with E-state index >= 15 is 0 Å². The predicted molar refractivity (Wildman–Crippen MR) is 112 cm³/mol. The molecule has 1 heterocycles. The molecule has 0 aliphatic rings. The Morgan fingerprint density at radius 3 is 2.72 bits per heavy atom. The van der Waals surface area contributed by atoms with E-state index in [9.17, 15) is 10.1 Å². The maximum atomic E-state index is 12.5. The van der Waals surface area contributed by atoms with Crippen molar-refractivity contribution in [3.63, 3.8) is 0 Å². The van der Waals surface area contributed by atoms with Crippen molar-refractivity contribution in [3.05, 3.63) is 64.4 Å². The van der Waals surface area contributed by atoms with E-state index in [4.69, 9.17) is 17.0 Å². The number of hydrogen-bond acceptors (Lipinski definition) is 5. The summed E-state index contributed by atoms with van der Waals surface area (Å²) in [6.07, 6.45) is 0.153. The van der Waals surface area contributed by atoms with Crippen LogP contribution in [0.3, 0.4) is 0 Å². The first kappa shape index (κ1) is 20.3. The summed E-state index contributed by atoms with van der Waals surface area (Å²) >= 11 is 5.31. The smallest absolute Gasteiger partial charge is 0.223 e. The number of aryl methyl sites for hydroxylation is 1. The van der Waals surface area contributed by atoms with Crippen LogP contribution in [-0.2, 0) is 11.3 Å². The van der Waals surface area contributed by atoms with Crippen LogP contribution in [0.1, 0.15) is 23.6 Å². The molecule has 0 saturated carbocycles. The molecular formula is C21H21N5O2S. The van der Waals surface area contributed by atoms with Gasteiger partial charge in [-0.3, -0.25) is 14.5 Å². The molecule has 2 aromatic carbocycles. The summed E-state index contributed by atoms with van der Waals surface area (Å²) in [5, 5.41) is 19.3. The first-order valence-electron chi connectivity index (χ1n) is 9.07. The minimum Gasteiger partial charge on any atom is -0.496 e. The number of hydrogen-bond donors (Lipinski definition) is 2. The van der Waals surface area contributed by atoms with Gasteiger partial charge < -0.3 is 10.1 Å². The van der Waals surface area contributed by atoms with E-state index < -0.39 is 6.04 Å². The highest BCUT2D eigenvalue weighted by atomic mass is 32.1. The van der Waals surface area contributed by atoms with Crippen LogP contribution in [0.4, 0.5) is 0 Å². The molecule has 7 nitrogen and oxygen atoms in total. The largest absolute Gasteiger partial charge is 0.496 e. The Hall–Kier alpha value is -3.44. The van der Waals surface area contributed by atoms with Gasteiger partial charge in [0.25, 0.3) is 0 Å². The van der Waals surface area contributed by atoms with E-state index in [0.29, 0.717) is 28.5 Å². The zero-order chi connectivity index (χ0) is 20.8.